The highest BCUT2D eigenvalue weighted by Crippen LogP contribution is 2.28. The molecule has 0 bridgehead atoms. The van der Waals surface area contributed by atoms with Crippen molar-refractivity contribution in [1.82, 2.24) is 0 Å². The van der Waals surface area contributed by atoms with Crippen molar-refractivity contribution in [2.75, 3.05) is 33.0 Å². The van der Waals surface area contributed by atoms with Crippen molar-refractivity contribution in [1.29, 1.82) is 0 Å². The zero-order valence-corrected chi connectivity index (χ0v) is 19.1. The molecule has 0 aromatic heterocycles. The molecular weight excluding hydrogens is 372 g/mol. The Hall–Kier alpha value is -0.530. The normalized spacial score (nSPS) is 27.2. The highest BCUT2D eigenvalue weighted by atomic mass is 16.6. The smallest absolute Gasteiger partial charge is 0.151 e. The molecule has 0 aromatic rings. The van der Waals surface area contributed by atoms with Gasteiger partial charge < -0.3 is 28.5 Å². The Morgan fingerprint density at radius 3 is 1.69 bits per heavy atom. The summed E-state index contributed by atoms with van der Waals surface area (Å²) in [5.41, 5.74) is 0. The maximum absolute atomic E-state index is 11.8. The molecule has 0 amide bonds. The summed E-state index contributed by atoms with van der Waals surface area (Å²) in [7, 11) is 0. The Morgan fingerprint density at radius 1 is 0.690 bits per heavy atom. The van der Waals surface area contributed by atoms with Crippen LogP contribution in [0.4, 0.5) is 0 Å². The van der Waals surface area contributed by atoms with Gasteiger partial charge in [-0.1, -0.05) is 53.4 Å². The van der Waals surface area contributed by atoms with Gasteiger partial charge in [0.1, 0.15) is 30.5 Å². The highest BCUT2D eigenvalue weighted by molar-refractivity contribution is 5.58. The van der Waals surface area contributed by atoms with Gasteiger partial charge in [-0.2, -0.15) is 0 Å². The average molecular weight is 417 g/mol. The molecule has 3 unspecified atom stereocenters. The lowest BCUT2D eigenvalue weighted by atomic mass is 9.94. The van der Waals surface area contributed by atoms with Gasteiger partial charge in [-0.25, -0.2) is 0 Å². The standard InChI is InChI=1S/C23H44O6/c1-5-9-13-25-18-20-22(27-15-11-7-3)23(28-16-12-8-4)21(19(17-24)29-20)26-14-10-6-2/h17,19-23H,5-16,18H2,1-4H3/t19-,20?,21?,22-,23?/m1/s1. The van der Waals surface area contributed by atoms with Crippen LogP contribution in [-0.2, 0) is 28.5 Å². The van der Waals surface area contributed by atoms with E-state index in [0.717, 1.165) is 57.7 Å². The molecule has 1 aliphatic rings. The monoisotopic (exact) mass is 416 g/mol. The topological polar surface area (TPSA) is 63.2 Å². The van der Waals surface area contributed by atoms with Crippen LogP contribution in [0, 0.1) is 0 Å². The van der Waals surface area contributed by atoms with Crippen LogP contribution in [0.1, 0.15) is 79.1 Å². The Kier molecular flexibility index (Phi) is 15.7. The number of rotatable bonds is 18. The quantitative estimate of drug-likeness (QED) is 0.245. The molecule has 0 radical (unpaired) electrons. The second-order valence-corrected chi connectivity index (χ2v) is 7.77. The van der Waals surface area contributed by atoms with Gasteiger partial charge in [-0.05, 0) is 25.7 Å². The molecule has 0 aromatic carbocycles. The number of hydrogen-bond donors (Lipinski definition) is 0. The van der Waals surface area contributed by atoms with Crippen LogP contribution in [0.2, 0.25) is 0 Å². The van der Waals surface area contributed by atoms with E-state index in [4.69, 9.17) is 23.7 Å². The summed E-state index contributed by atoms with van der Waals surface area (Å²) in [6.07, 6.45) is 6.85. The minimum Gasteiger partial charge on any atom is -0.379 e. The van der Waals surface area contributed by atoms with E-state index in [0.29, 0.717) is 33.0 Å². The van der Waals surface area contributed by atoms with Crippen molar-refractivity contribution in [3.63, 3.8) is 0 Å². The Balaban J connectivity index is 2.94. The molecule has 1 heterocycles. The first-order chi connectivity index (χ1) is 14.2. The third kappa shape index (κ3) is 9.88. The van der Waals surface area contributed by atoms with Crippen molar-refractivity contribution in [3.8, 4) is 0 Å². The zero-order valence-electron chi connectivity index (χ0n) is 19.1. The van der Waals surface area contributed by atoms with Crippen LogP contribution in [0.5, 0.6) is 0 Å². The first-order valence-electron chi connectivity index (χ1n) is 11.8. The van der Waals surface area contributed by atoms with E-state index in [1.807, 2.05) is 0 Å². The van der Waals surface area contributed by atoms with Gasteiger partial charge in [0.2, 0.25) is 0 Å². The first-order valence-corrected chi connectivity index (χ1v) is 11.8. The van der Waals surface area contributed by atoms with Crippen LogP contribution in [-0.4, -0.2) is 69.8 Å². The number of hydrogen-bond acceptors (Lipinski definition) is 6. The van der Waals surface area contributed by atoms with E-state index in [-0.39, 0.29) is 18.3 Å². The minimum absolute atomic E-state index is 0.303. The lowest BCUT2D eigenvalue weighted by molar-refractivity contribution is -0.258. The molecule has 0 saturated carbocycles. The zero-order chi connectivity index (χ0) is 21.3. The molecular formula is C23H44O6. The lowest BCUT2D eigenvalue weighted by Gasteiger charge is -2.44. The molecule has 1 aliphatic heterocycles. The summed E-state index contributed by atoms with van der Waals surface area (Å²) >= 11 is 0. The van der Waals surface area contributed by atoms with Crippen molar-refractivity contribution < 1.29 is 28.5 Å². The third-order valence-corrected chi connectivity index (χ3v) is 5.15. The van der Waals surface area contributed by atoms with E-state index in [2.05, 4.69) is 27.7 Å². The van der Waals surface area contributed by atoms with Crippen molar-refractivity contribution >= 4 is 6.29 Å². The molecule has 1 saturated heterocycles. The number of carbonyl (C=O) groups is 1. The fourth-order valence-corrected chi connectivity index (χ4v) is 3.30. The Morgan fingerprint density at radius 2 is 1.17 bits per heavy atom. The number of ether oxygens (including phenoxy) is 5. The Labute approximate surface area is 177 Å². The summed E-state index contributed by atoms with van der Waals surface area (Å²) in [6, 6.07) is 0. The molecule has 5 atom stereocenters. The molecule has 1 rings (SSSR count). The van der Waals surface area contributed by atoms with Gasteiger partial charge in [0.25, 0.3) is 0 Å². The number of unbranched alkanes of at least 4 members (excludes halogenated alkanes) is 4. The third-order valence-electron chi connectivity index (χ3n) is 5.15. The predicted molar refractivity (Wildman–Crippen MR) is 114 cm³/mol. The average Bonchev–Trinajstić information content (AvgIpc) is 2.73. The van der Waals surface area contributed by atoms with Crippen molar-refractivity contribution in [3.05, 3.63) is 0 Å². The molecule has 172 valence electrons. The molecule has 6 heteroatoms. The maximum atomic E-state index is 11.8. The van der Waals surface area contributed by atoms with Gasteiger partial charge in [0.05, 0.1) is 6.61 Å². The van der Waals surface area contributed by atoms with E-state index in [1.165, 1.54) is 0 Å². The Bertz CT molecular complexity index is 392. The van der Waals surface area contributed by atoms with E-state index in [1.54, 1.807) is 0 Å². The predicted octanol–water partition coefficient (Wildman–Crippen LogP) is 4.33. The van der Waals surface area contributed by atoms with Gasteiger partial charge in [-0.15, -0.1) is 0 Å². The van der Waals surface area contributed by atoms with Gasteiger partial charge in [-0.3, -0.25) is 0 Å². The number of aldehydes is 1. The molecule has 0 aliphatic carbocycles. The van der Waals surface area contributed by atoms with Gasteiger partial charge in [0, 0.05) is 26.4 Å². The van der Waals surface area contributed by atoms with E-state index < -0.39 is 12.2 Å². The summed E-state index contributed by atoms with van der Waals surface area (Å²) < 4.78 is 30.5. The van der Waals surface area contributed by atoms with E-state index >= 15 is 0 Å². The molecule has 0 spiro atoms. The van der Waals surface area contributed by atoms with Crippen LogP contribution in [0.25, 0.3) is 0 Å². The fraction of sp³-hybridized carbons (Fsp3) is 0.957. The SMILES string of the molecule is CCCCOCC1O[C@H](C=O)C(OCCCC)C(OCCCC)[C@@H]1OCCCC. The van der Waals surface area contributed by atoms with Crippen LogP contribution in [0.3, 0.4) is 0 Å². The van der Waals surface area contributed by atoms with E-state index in [9.17, 15) is 4.79 Å². The molecule has 6 nitrogen and oxygen atoms in total. The maximum Gasteiger partial charge on any atom is 0.151 e. The van der Waals surface area contributed by atoms with Crippen LogP contribution < -0.4 is 0 Å². The second-order valence-electron chi connectivity index (χ2n) is 7.77. The molecule has 29 heavy (non-hydrogen) atoms. The fourth-order valence-electron chi connectivity index (χ4n) is 3.30. The van der Waals surface area contributed by atoms with Crippen molar-refractivity contribution in [2.45, 2.75) is 110 Å². The highest BCUT2D eigenvalue weighted by Gasteiger charge is 2.48. The van der Waals surface area contributed by atoms with Gasteiger partial charge in [0.15, 0.2) is 6.29 Å². The largest absolute Gasteiger partial charge is 0.379 e. The minimum atomic E-state index is -0.663. The van der Waals surface area contributed by atoms with Crippen LogP contribution >= 0.6 is 0 Å². The van der Waals surface area contributed by atoms with Crippen LogP contribution in [0.15, 0.2) is 0 Å². The second kappa shape index (κ2) is 17.2. The summed E-state index contributed by atoms with van der Waals surface area (Å²) in [6.45, 7) is 11.5. The molecule has 0 N–H and O–H groups in total. The number of carbonyl (C=O) groups excluding carboxylic acids is 1. The lowest BCUT2D eigenvalue weighted by Crippen LogP contribution is -2.62. The summed E-state index contributed by atoms with van der Waals surface area (Å²) in [5.74, 6) is 0. The van der Waals surface area contributed by atoms with Gasteiger partial charge >= 0.3 is 0 Å². The van der Waals surface area contributed by atoms with Crippen molar-refractivity contribution in [2.24, 2.45) is 0 Å². The summed E-state index contributed by atoms with van der Waals surface area (Å²) in [4.78, 5) is 11.8. The first kappa shape index (κ1) is 26.5. The molecule has 1 fully saturated rings. The summed E-state index contributed by atoms with van der Waals surface area (Å²) in [5, 5.41) is 0.